The van der Waals surface area contributed by atoms with Crippen molar-refractivity contribution in [2.75, 3.05) is 18.2 Å². The van der Waals surface area contributed by atoms with Crippen LogP contribution in [0.15, 0.2) is 23.1 Å². The van der Waals surface area contributed by atoms with Crippen LogP contribution >= 0.6 is 11.6 Å². The summed E-state index contributed by atoms with van der Waals surface area (Å²) in [6.07, 6.45) is 6.19. The predicted octanol–water partition coefficient (Wildman–Crippen LogP) is 3.05. The first-order chi connectivity index (χ1) is 12.2. The Kier molecular flexibility index (Phi) is 5.58. The number of hydrogen-bond donors (Lipinski definition) is 1. The van der Waals surface area contributed by atoms with Crippen LogP contribution < -0.4 is 5.32 Å². The quantitative estimate of drug-likeness (QED) is 0.742. The summed E-state index contributed by atoms with van der Waals surface area (Å²) in [7, 11) is -3.42. The minimum Gasteiger partial charge on any atom is -0.456 e. The van der Waals surface area contributed by atoms with Crippen molar-refractivity contribution in [2.45, 2.75) is 37.0 Å². The Morgan fingerprint density at radius 2 is 2.04 bits per heavy atom. The SMILES string of the molecule is CS(=O)(=O)c1ccc(Cl)c(NC(=O)COC(=O)C[C@H]2C[C@H]3CC[C@@H]2C3)c1. The maximum Gasteiger partial charge on any atom is 0.306 e. The van der Waals surface area contributed by atoms with Crippen LogP contribution in [0.2, 0.25) is 5.02 Å². The molecule has 0 spiro atoms. The van der Waals surface area contributed by atoms with Crippen molar-refractivity contribution in [3.63, 3.8) is 0 Å². The van der Waals surface area contributed by atoms with Gasteiger partial charge >= 0.3 is 5.97 Å². The largest absolute Gasteiger partial charge is 0.456 e. The molecule has 0 aliphatic heterocycles. The molecule has 6 nitrogen and oxygen atoms in total. The van der Waals surface area contributed by atoms with E-state index < -0.39 is 22.4 Å². The molecule has 2 fully saturated rings. The van der Waals surface area contributed by atoms with E-state index in [0.717, 1.165) is 18.6 Å². The molecule has 8 heteroatoms. The number of carbonyl (C=O) groups excluding carboxylic acids is 2. The first kappa shape index (κ1) is 19.2. The average molecular weight is 400 g/mol. The van der Waals surface area contributed by atoms with E-state index in [-0.39, 0.29) is 21.6 Å². The molecule has 0 radical (unpaired) electrons. The Morgan fingerprint density at radius 1 is 1.27 bits per heavy atom. The molecule has 1 amide bonds. The Hall–Kier alpha value is -1.60. The van der Waals surface area contributed by atoms with E-state index >= 15 is 0 Å². The van der Waals surface area contributed by atoms with Crippen LogP contribution in [0, 0.1) is 17.8 Å². The number of ether oxygens (including phenoxy) is 1. The number of amides is 1. The molecule has 2 aliphatic rings. The fraction of sp³-hybridized carbons (Fsp3) is 0.556. The average Bonchev–Trinajstić information content (AvgIpc) is 3.17. The van der Waals surface area contributed by atoms with Gasteiger partial charge in [0.2, 0.25) is 0 Å². The second-order valence-corrected chi connectivity index (χ2v) is 9.68. The number of carbonyl (C=O) groups is 2. The zero-order valence-electron chi connectivity index (χ0n) is 14.5. The molecule has 0 unspecified atom stereocenters. The topological polar surface area (TPSA) is 89.5 Å². The van der Waals surface area contributed by atoms with E-state index in [1.165, 1.54) is 37.5 Å². The summed E-state index contributed by atoms with van der Waals surface area (Å²) in [5, 5.41) is 2.69. The van der Waals surface area contributed by atoms with Gasteiger partial charge in [-0.05, 0) is 55.2 Å². The number of fused-ring (bicyclic) bond motifs is 2. The van der Waals surface area contributed by atoms with Crippen molar-refractivity contribution in [2.24, 2.45) is 17.8 Å². The molecule has 26 heavy (non-hydrogen) atoms. The molecule has 3 atom stereocenters. The van der Waals surface area contributed by atoms with Gasteiger partial charge in [0.1, 0.15) is 0 Å². The zero-order valence-corrected chi connectivity index (χ0v) is 16.1. The third kappa shape index (κ3) is 4.57. The number of benzene rings is 1. The molecule has 1 N–H and O–H groups in total. The first-order valence-electron chi connectivity index (χ1n) is 8.67. The van der Waals surface area contributed by atoms with Crippen LogP contribution in [0.4, 0.5) is 5.69 Å². The lowest BCUT2D eigenvalue weighted by Gasteiger charge is -2.20. The van der Waals surface area contributed by atoms with Gasteiger partial charge in [0.15, 0.2) is 16.4 Å². The fourth-order valence-corrected chi connectivity index (χ4v) is 4.87. The fourth-order valence-electron chi connectivity index (χ4n) is 4.06. The Labute approximate surface area is 158 Å². The molecule has 0 heterocycles. The van der Waals surface area contributed by atoms with Crippen LogP contribution in [-0.4, -0.2) is 33.2 Å². The van der Waals surface area contributed by atoms with Crippen LogP contribution in [0.25, 0.3) is 0 Å². The first-order valence-corrected chi connectivity index (χ1v) is 10.9. The lowest BCUT2D eigenvalue weighted by Crippen LogP contribution is -2.23. The second-order valence-electron chi connectivity index (χ2n) is 7.26. The predicted molar refractivity (Wildman–Crippen MR) is 97.7 cm³/mol. The number of rotatable bonds is 6. The van der Waals surface area contributed by atoms with Gasteiger partial charge in [-0.1, -0.05) is 18.0 Å². The minimum atomic E-state index is -3.42. The summed E-state index contributed by atoms with van der Waals surface area (Å²) < 4.78 is 28.3. The maximum absolute atomic E-state index is 12.0. The number of anilines is 1. The number of nitrogens with one attached hydrogen (secondary N) is 1. The molecule has 1 aromatic rings. The van der Waals surface area contributed by atoms with Gasteiger partial charge in [0, 0.05) is 12.7 Å². The highest BCUT2D eigenvalue weighted by molar-refractivity contribution is 7.90. The van der Waals surface area contributed by atoms with Gasteiger partial charge in [-0.25, -0.2) is 8.42 Å². The molecule has 142 valence electrons. The molecule has 1 aromatic carbocycles. The number of esters is 1. The van der Waals surface area contributed by atoms with E-state index in [1.54, 1.807) is 0 Å². The van der Waals surface area contributed by atoms with Crippen molar-refractivity contribution in [3.8, 4) is 0 Å². The molecular weight excluding hydrogens is 378 g/mol. The molecular formula is C18H22ClNO5S. The minimum absolute atomic E-state index is 0.0467. The maximum atomic E-state index is 12.0. The standard InChI is InChI=1S/C18H22ClNO5S/c1-26(23,24)14-4-5-15(19)16(9-14)20-17(21)10-25-18(22)8-13-7-11-2-3-12(13)6-11/h4-5,9,11-13H,2-3,6-8,10H2,1H3,(H,20,21)/t11-,12+,13+/m0/s1. The van der Waals surface area contributed by atoms with Crippen molar-refractivity contribution in [1.82, 2.24) is 0 Å². The van der Waals surface area contributed by atoms with E-state index in [1.807, 2.05) is 0 Å². The lowest BCUT2D eigenvalue weighted by atomic mass is 9.86. The number of sulfone groups is 1. The van der Waals surface area contributed by atoms with Crippen LogP contribution in [-0.2, 0) is 24.2 Å². The van der Waals surface area contributed by atoms with Crippen molar-refractivity contribution in [3.05, 3.63) is 23.2 Å². The zero-order chi connectivity index (χ0) is 18.9. The van der Waals surface area contributed by atoms with Gasteiger partial charge < -0.3 is 10.1 Å². The highest BCUT2D eigenvalue weighted by atomic mass is 35.5. The Morgan fingerprint density at radius 3 is 2.65 bits per heavy atom. The van der Waals surface area contributed by atoms with Crippen LogP contribution in [0.1, 0.15) is 32.1 Å². The van der Waals surface area contributed by atoms with Crippen molar-refractivity contribution in [1.29, 1.82) is 0 Å². The highest BCUT2D eigenvalue weighted by Gasteiger charge is 2.40. The summed E-state index contributed by atoms with van der Waals surface area (Å²) in [5.41, 5.74) is 0.170. The van der Waals surface area contributed by atoms with Gasteiger partial charge in [0.25, 0.3) is 5.91 Å². The number of hydrogen-bond acceptors (Lipinski definition) is 5. The van der Waals surface area contributed by atoms with Gasteiger partial charge in [-0.2, -0.15) is 0 Å². The highest BCUT2D eigenvalue weighted by Crippen LogP contribution is 2.49. The molecule has 2 aliphatic carbocycles. The van der Waals surface area contributed by atoms with Crippen LogP contribution in [0.3, 0.4) is 0 Å². The molecule has 2 bridgehead atoms. The van der Waals surface area contributed by atoms with Gasteiger partial charge in [-0.15, -0.1) is 0 Å². The molecule has 0 saturated heterocycles. The molecule has 2 saturated carbocycles. The Balaban J connectivity index is 1.50. The second kappa shape index (κ2) is 7.56. The van der Waals surface area contributed by atoms with E-state index in [9.17, 15) is 18.0 Å². The van der Waals surface area contributed by atoms with E-state index in [4.69, 9.17) is 16.3 Å². The summed E-state index contributed by atoms with van der Waals surface area (Å²) in [6.45, 7) is -0.418. The Bertz CT molecular complexity index is 823. The van der Waals surface area contributed by atoms with Crippen molar-refractivity contribution >= 4 is 39.0 Å². The van der Waals surface area contributed by atoms with Gasteiger partial charge in [0.05, 0.1) is 15.6 Å². The summed E-state index contributed by atoms with van der Waals surface area (Å²) >= 11 is 5.99. The third-order valence-corrected chi connectivity index (χ3v) is 6.76. The van der Waals surface area contributed by atoms with Crippen molar-refractivity contribution < 1.29 is 22.7 Å². The van der Waals surface area contributed by atoms with E-state index in [0.29, 0.717) is 18.3 Å². The smallest absolute Gasteiger partial charge is 0.306 e. The normalized spacial score (nSPS) is 24.5. The van der Waals surface area contributed by atoms with Gasteiger partial charge in [-0.3, -0.25) is 9.59 Å². The monoisotopic (exact) mass is 399 g/mol. The third-order valence-electron chi connectivity index (χ3n) is 5.32. The lowest BCUT2D eigenvalue weighted by molar-refractivity contribution is -0.148. The molecule has 3 rings (SSSR count). The van der Waals surface area contributed by atoms with E-state index in [2.05, 4.69) is 5.32 Å². The summed E-state index contributed by atoms with van der Waals surface area (Å²) in [6, 6.07) is 4.05. The number of halogens is 1. The summed E-state index contributed by atoms with van der Waals surface area (Å²) in [4.78, 5) is 24.0. The molecule has 0 aromatic heterocycles. The summed E-state index contributed by atoms with van der Waals surface area (Å²) in [5.74, 6) is 0.835. The van der Waals surface area contributed by atoms with Crippen LogP contribution in [0.5, 0.6) is 0 Å².